The molecule has 0 aliphatic carbocycles. The summed E-state index contributed by atoms with van der Waals surface area (Å²) in [4.78, 5) is 0. The van der Waals surface area contributed by atoms with Gasteiger partial charge in [-0.3, -0.25) is 0 Å². The van der Waals surface area contributed by atoms with Gasteiger partial charge in [0.05, 0.1) is 19.1 Å². The van der Waals surface area contributed by atoms with Gasteiger partial charge in [0.1, 0.15) is 5.75 Å². The van der Waals surface area contributed by atoms with Crippen LogP contribution < -0.4 is 4.74 Å². The SMILES string of the molecule is COc1ccc(CC(C#N)c2cc(C)ccc2C)cc1. The summed E-state index contributed by atoms with van der Waals surface area (Å²) < 4.78 is 5.15. The van der Waals surface area contributed by atoms with Crippen LogP contribution in [0.15, 0.2) is 42.5 Å². The van der Waals surface area contributed by atoms with Crippen LogP contribution in [-0.2, 0) is 6.42 Å². The van der Waals surface area contributed by atoms with E-state index >= 15 is 0 Å². The van der Waals surface area contributed by atoms with E-state index in [1.54, 1.807) is 7.11 Å². The normalized spacial score (nSPS) is 11.7. The van der Waals surface area contributed by atoms with Crippen molar-refractivity contribution in [3.8, 4) is 11.8 Å². The topological polar surface area (TPSA) is 33.0 Å². The number of benzene rings is 2. The predicted molar refractivity (Wildman–Crippen MR) is 81.0 cm³/mol. The lowest BCUT2D eigenvalue weighted by molar-refractivity contribution is 0.414. The third kappa shape index (κ3) is 3.19. The van der Waals surface area contributed by atoms with Crippen molar-refractivity contribution in [1.29, 1.82) is 5.26 Å². The fourth-order valence-corrected chi connectivity index (χ4v) is 2.36. The molecule has 0 saturated heterocycles. The summed E-state index contributed by atoms with van der Waals surface area (Å²) in [6.07, 6.45) is 0.727. The quantitative estimate of drug-likeness (QED) is 0.831. The van der Waals surface area contributed by atoms with Crippen molar-refractivity contribution in [1.82, 2.24) is 0 Å². The molecule has 0 radical (unpaired) electrons. The fourth-order valence-electron chi connectivity index (χ4n) is 2.36. The highest BCUT2D eigenvalue weighted by Crippen LogP contribution is 2.25. The molecule has 0 saturated carbocycles. The standard InChI is InChI=1S/C18H19NO/c1-13-4-5-14(2)18(10-13)16(12-19)11-15-6-8-17(20-3)9-7-15/h4-10,16H,11H2,1-3H3. The number of rotatable bonds is 4. The minimum Gasteiger partial charge on any atom is -0.497 e. The lowest BCUT2D eigenvalue weighted by Gasteiger charge is -2.13. The Morgan fingerprint density at radius 1 is 1.10 bits per heavy atom. The first-order chi connectivity index (χ1) is 9.63. The van der Waals surface area contributed by atoms with Gasteiger partial charge >= 0.3 is 0 Å². The average molecular weight is 265 g/mol. The molecular weight excluding hydrogens is 246 g/mol. The first-order valence-corrected chi connectivity index (χ1v) is 6.73. The van der Waals surface area contributed by atoms with Gasteiger partial charge in [0.15, 0.2) is 0 Å². The van der Waals surface area contributed by atoms with E-state index in [9.17, 15) is 5.26 Å². The number of methoxy groups -OCH3 is 1. The highest BCUT2D eigenvalue weighted by atomic mass is 16.5. The first-order valence-electron chi connectivity index (χ1n) is 6.73. The molecular formula is C18H19NO. The van der Waals surface area contributed by atoms with Crippen molar-refractivity contribution in [2.75, 3.05) is 7.11 Å². The van der Waals surface area contributed by atoms with Crippen molar-refractivity contribution in [3.63, 3.8) is 0 Å². The Morgan fingerprint density at radius 2 is 1.80 bits per heavy atom. The maximum atomic E-state index is 9.48. The molecule has 1 unspecified atom stereocenters. The van der Waals surface area contributed by atoms with Gasteiger partial charge in [-0.15, -0.1) is 0 Å². The lowest BCUT2D eigenvalue weighted by Crippen LogP contribution is -2.03. The minimum atomic E-state index is -0.108. The third-order valence-corrected chi connectivity index (χ3v) is 3.56. The minimum absolute atomic E-state index is 0.108. The molecule has 102 valence electrons. The van der Waals surface area contributed by atoms with Gasteiger partial charge in [-0.1, -0.05) is 35.9 Å². The summed E-state index contributed by atoms with van der Waals surface area (Å²) in [7, 11) is 1.66. The number of aryl methyl sites for hydroxylation is 2. The van der Waals surface area contributed by atoms with E-state index in [1.807, 2.05) is 24.3 Å². The van der Waals surface area contributed by atoms with Gasteiger partial charge in [-0.2, -0.15) is 5.26 Å². The molecule has 0 spiro atoms. The molecule has 2 nitrogen and oxygen atoms in total. The van der Waals surface area contributed by atoms with Crippen molar-refractivity contribution in [3.05, 3.63) is 64.7 Å². The predicted octanol–water partition coefficient (Wildman–Crippen LogP) is 4.16. The molecule has 0 N–H and O–H groups in total. The second kappa shape index (κ2) is 6.25. The molecule has 1 atom stereocenters. The molecule has 2 aromatic carbocycles. The Labute approximate surface area is 120 Å². The smallest absolute Gasteiger partial charge is 0.118 e. The van der Waals surface area contributed by atoms with Gasteiger partial charge in [-0.05, 0) is 49.1 Å². The number of nitrogens with zero attached hydrogens (tertiary/aromatic N) is 1. The summed E-state index contributed by atoms with van der Waals surface area (Å²) in [5, 5.41) is 9.48. The lowest BCUT2D eigenvalue weighted by atomic mass is 9.89. The highest BCUT2D eigenvalue weighted by Gasteiger charge is 2.14. The molecule has 0 heterocycles. The van der Waals surface area contributed by atoms with Crippen LogP contribution in [0.5, 0.6) is 5.75 Å². The Morgan fingerprint density at radius 3 is 2.40 bits per heavy atom. The Balaban J connectivity index is 2.24. The highest BCUT2D eigenvalue weighted by molar-refractivity contribution is 5.38. The van der Waals surface area contributed by atoms with Crippen molar-refractivity contribution >= 4 is 0 Å². The summed E-state index contributed by atoms with van der Waals surface area (Å²) in [5.74, 6) is 0.734. The molecule has 2 rings (SSSR count). The number of ether oxygens (including phenoxy) is 1. The zero-order valence-electron chi connectivity index (χ0n) is 12.2. The van der Waals surface area contributed by atoms with Crippen LogP contribution in [0.4, 0.5) is 0 Å². The monoisotopic (exact) mass is 265 g/mol. The van der Waals surface area contributed by atoms with Gasteiger partial charge in [-0.25, -0.2) is 0 Å². The average Bonchev–Trinajstić information content (AvgIpc) is 2.48. The van der Waals surface area contributed by atoms with Crippen molar-refractivity contribution in [2.24, 2.45) is 0 Å². The maximum Gasteiger partial charge on any atom is 0.118 e. The Kier molecular flexibility index (Phi) is 4.42. The second-order valence-electron chi connectivity index (χ2n) is 5.09. The third-order valence-electron chi connectivity index (χ3n) is 3.56. The molecule has 0 aromatic heterocycles. The molecule has 0 amide bonds. The molecule has 0 aliphatic rings. The van der Waals surface area contributed by atoms with Crippen LogP contribution in [0, 0.1) is 25.2 Å². The molecule has 2 aromatic rings. The van der Waals surface area contributed by atoms with E-state index in [4.69, 9.17) is 4.74 Å². The van der Waals surface area contributed by atoms with Gasteiger partial charge < -0.3 is 4.74 Å². The molecule has 2 heteroatoms. The summed E-state index contributed by atoms with van der Waals surface area (Å²) in [6.45, 7) is 4.12. The molecule has 0 fully saturated rings. The Hall–Kier alpha value is -2.27. The number of nitriles is 1. The van der Waals surface area contributed by atoms with E-state index < -0.39 is 0 Å². The summed E-state index contributed by atoms with van der Waals surface area (Å²) in [6, 6.07) is 16.6. The van der Waals surface area contributed by atoms with E-state index in [0.29, 0.717) is 0 Å². The fraction of sp³-hybridized carbons (Fsp3) is 0.278. The number of hydrogen-bond donors (Lipinski definition) is 0. The van der Waals surface area contributed by atoms with Gasteiger partial charge in [0.2, 0.25) is 0 Å². The van der Waals surface area contributed by atoms with Crippen LogP contribution in [0.25, 0.3) is 0 Å². The van der Waals surface area contributed by atoms with Gasteiger partial charge in [0, 0.05) is 0 Å². The Bertz CT molecular complexity index is 623. The van der Waals surface area contributed by atoms with E-state index in [1.165, 1.54) is 11.1 Å². The van der Waals surface area contributed by atoms with E-state index in [0.717, 1.165) is 23.3 Å². The largest absolute Gasteiger partial charge is 0.497 e. The maximum absolute atomic E-state index is 9.48. The van der Waals surface area contributed by atoms with Crippen LogP contribution >= 0.6 is 0 Å². The van der Waals surface area contributed by atoms with Gasteiger partial charge in [0.25, 0.3) is 0 Å². The summed E-state index contributed by atoms with van der Waals surface area (Å²) >= 11 is 0. The second-order valence-corrected chi connectivity index (χ2v) is 5.09. The molecule has 20 heavy (non-hydrogen) atoms. The number of hydrogen-bond acceptors (Lipinski definition) is 2. The molecule has 0 bridgehead atoms. The first kappa shape index (κ1) is 14.1. The zero-order chi connectivity index (χ0) is 14.5. The van der Waals surface area contributed by atoms with Crippen LogP contribution in [0.2, 0.25) is 0 Å². The summed E-state index contributed by atoms with van der Waals surface area (Å²) in [5.41, 5.74) is 4.65. The van der Waals surface area contributed by atoms with E-state index in [-0.39, 0.29) is 5.92 Å². The van der Waals surface area contributed by atoms with Crippen molar-refractivity contribution in [2.45, 2.75) is 26.2 Å². The van der Waals surface area contributed by atoms with Crippen LogP contribution in [0.1, 0.15) is 28.2 Å². The zero-order valence-corrected chi connectivity index (χ0v) is 12.2. The van der Waals surface area contributed by atoms with E-state index in [2.05, 4.69) is 38.1 Å². The van der Waals surface area contributed by atoms with Crippen molar-refractivity contribution < 1.29 is 4.74 Å². The van der Waals surface area contributed by atoms with Crippen LogP contribution in [0.3, 0.4) is 0 Å². The van der Waals surface area contributed by atoms with Crippen LogP contribution in [-0.4, -0.2) is 7.11 Å². The molecule has 0 aliphatic heterocycles.